The summed E-state index contributed by atoms with van der Waals surface area (Å²) in [4.78, 5) is 37.1. The molecule has 0 heterocycles. The smallest absolute Gasteiger partial charge is 0.326 e. The molecule has 0 radical (unpaired) electrons. The molecule has 1 aromatic carbocycles. The average Bonchev–Trinajstić information content (AvgIpc) is 2.76. The van der Waals surface area contributed by atoms with Gasteiger partial charge in [-0.25, -0.2) is 4.79 Å². The van der Waals surface area contributed by atoms with Gasteiger partial charge in [-0.15, -0.1) is 0 Å². The first-order valence-corrected chi connectivity index (χ1v) is 10.8. The predicted octanol–water partition coefficient (Wildman–Crippen LogP) is -1.29. The molecule has 0 saturated carbocycles. The van der Waals surface area contributed by atoms with Gasteiger partial charge in [0.15, 0.2) is 5.96 Å². The van der Waals surface area contributed by atoms with Crippen molar-refractivity contribution >= 4 is 23.7 Å². The second-order valence-electron chi connectivity index (χ2n) is 7.70. The molecule has 12 heteroatoms. The van der Waals surface area contributed by atoms with Crippen molar-refractivity contribution in [2.75, 3.05) is 13.1 Å². The highest BCUT2D eigenvalue weighted by atomic mass is 16.4. The van der Waals surface area contributed by atoms with Crippen molar-refractivity contribution in [1.29, 1.82) is 5.41 Å². The molecule has 0 aliphatic carbocycles. The van der Waals surface area contributed by atoms with E-state index < -0.39 is 35.9 Å². The van der Waals surface area contributed by atoms with E-state index in [4.69, 9.17) is 22.6 Å². The third kappa shape index (κ3) is 11.2. The Morgan fingerprint density at radius 2 is 1.61 bits per heavy atom. The predicted molar refractivity (Wildman–Crippen MR) is 123 cm³/mol. The molecule has 1 rings (SSSR count). The summed E-state index contributed by atoms with van der Waals surface area (Å²) in [6, 6.07) is 3.01. The highest BCUT2D eigenvalue weighted by Crippen LogP contribution is 2.12. The Kier molecular flexibility index (Phi) is 12.3. The number of carboxylic acid groups (broad SMARTS) is 1. The number of amides is 2. The molecule has 0 aliphatic rings. The molecule has 0 unspecified atom stereocenters. The number of nitrogens with one attached hydrogen (secondary N) is 4. The van der Waals surface area contributed by atoms with Crippen molar-refractivity contribution in [3.8, 4) is 5.75 Å². The fourth-order valence-electron chi connectivity index (χ4n) is 3.05. The molecule has 1 aromatic rings. The number of carboxylic acids is 1. The molecule has 0 aromatic heterocycles. The Hall–Kier alpha value is -3.38. The van der Waals surface area contributed by atoms with E-state index in [1.54, 1.807) is 12.1 Å². The number of nitrogens with two attached hydrogens (primary N) is 3. The minimum absolute atomic E-state index is 0.0517. The summed E-state index contributed by atoms with van der Waals surface area (Å²) >= 11 is 0. The van der Waals surface area contributed by atoms with Gasteiger partial charge in [0.25, 0.3) is 0 Å². The second-order valence-corrected chi connectivity index (χ2v) is 7.70. The summed E-state index contributed by atoms with van der Waals surface area (Å²) in [6.45, 7) is 0.763. The number of benzene rings is 1. The zero-order valence-corrected chi connectivity index (χ0v) is 18.5. The van der Waals surface area contributed by atoms with Crippen molar-refractivity contribution in [3.05, 3.63) is 29.8 Å². The van der Waals surface area contributed by atoms with Gasteiger partial charge in [0.2, 0.25) is 11.8 Å². The molecule has 0 aliphatic heterocycles. The molecule has 12 nitrogen and oxygen atoms in total. The minimum atomic E-state index is -1.22. The lowest BCUT2D eigenvalue weighted by atomic mass is 10.0. The molecule has 12 N–H and O–H groups in total. The van der Waals surface area contributed by atoms with Crippen molar-refractivity contribution in [2.45, 2.75) is 56.7 Å². The highest BCUT2D eigenvalue weighted by molar-refractivity contribution is 5.92. The Labute approximate surface area is 192 Å². The number of carbonyl (C=O) groups is 3. The van der Waals surface area contributed by atoms with E-state index in [-0.39, 0.29) is 31.1 Å². The number of phenolic OH excluding ortho intramolecular Hbond substituents is 1. The average molecular weight is 466 g/mol. The van der Waals surface area contributed by atoms with Crippen LogP contribution >= 0.6 is 0 Å². The number of hydrogen-bond acceptors (Lipinski definition) is 7. The monoisotopic (exact) mass is 465 g/mol. The summed E-state index contributed by atoms with van der Waals surface area (Å²) in [7, 11) is 0. The lowest BCUT2D eigenvalue weighted by molar-refractivity contribution is -0.142. The van der Waals surface area contributed by atoms with E-state index >= 15 is 0 Å². The van der Waals surface area contributed by atoms with Crippen LogP contribution in [-0.2, 0) is 20.8 Å². The van der Waals surface area contributed by atoms with E-state index in [0.717, 1.165) is 6.42 Å². The molecular formula is C21H35N7O5. The van der Waals surface area contributed by atoms with Crippen LogP contribution in [0.1, 0.15) is 37.7 Å². The first-order chi connectivity index (χ1) is 15.6. The number of unbranched alkanes of at least 4 members (excludes halogenated alkanes) is 1. The standard InChI is InChI=1S/C21H35N7O5/c22-10-2-1-4-15(23)18(30)28-17(12-13-6-8-14(29)9-7-13)19(31)27-16(20(32)33)5-3-11-26-21(24)25/h6-9,15-17,29H,1-5,10-12,22-23H2,(H,27,31)(H,28,30)(H,32,33)(H4,24,25,26)/t15-,16-,17-/m0/s1. The maximum Gasteiger partial charge on any atom is 0.326 e. The first kappa shape index (κ1) is 27.7. The third-order valence-electron chi connectivity index (χ3n) is 4.91. The number of aromatic hydroxyl groups is 1. The fourth-order valence-corrected chi connectivity index (χ4v) is 3.05. The topological polar surface area (TPSA) is 230 Å². The summed E-state index contributed by atoms with van der Waals surface area (Å²) in [5, 5.41) is 33.7. The van der Waals surface area contributed by atoms with Crippen LogP contribution in [0.2, 0.25) is 0 Å². The van der Waals surface area contributed by atoms with Gasteiger partial charge < -0.3 is 43.4 Å². The van der Waals surface area contributed by atoms with Crippen LogP contribution in [0.4, 0.5) is 0 Å². The van der Waals surface area contributed by atoms with E-state index in [1.807, 2.05) is 0 Å². The van der Waals surface area contributed by atoms with Gasteiger partial charge in [-0.2, -0.15) is 0 Å². The van der Waals surface area contributed by atoms with Crippen LogP contribution in [0, 0.1) is 5.41 Å². The Bertz CT molecular complexity index is 788. The number of rotatable bonds is 15. The Morgan fingerprint density at radius 1 is 0.970 bits per heavy atom. The van der Waals surface area contributed by atoms with Crippen LogP contribution < -0.4 is 33.2 Å². The third-order valence-corrected chi connectivity index (χ3v) is 4.91. The number of hydrogen-bond donors (Lipinski definition) is 9. The van der Waals surface area contributed by atoms with Crippen LogP contribution in [0.25, 0.3) is 0 Å². The molecule has 0 fully saturated rings. The van der Waals surface area contributed by atoms with Crippen LogP contribution in [0.5, 0.6) is 5.75 Å². The Balaban J connectivity index is 2.87. The Morgan fingerprint density at radius 3 is 2.18 bits per heavy atom. The molecule has 2 amide bonds. The van der Waals surface area contributed by atoms with Crippen molar-refractivity contribution < 1.29 is 24.6 Å². The van der Waals surface area contributed by atoms with Crippen LogP contribution in [0.15, 0.2) is 24.3 Å². The maximum absolute atomic E-state index is 12.9. The van der Waals surface area contributed by atoms with Gasteiger partial charge >= 0.3 is 5.97 Å². The van der Waals surface area contributed by atoms with Crippen LogP contribution in [-0.4, -0.2) is 65.2 Å². The van der Waals surface area contributed by atoms with Gasteiger partial charge in [0, 0.05) is 13.0 Å². The van der Waals surface area contributed by atoms with Gasteiger partial charge in [-0.3, -0.25) is 15.0 Å². The minimum Gasteiger partial charge on any atom is -0.508 e. The number of guanidine groups is 1. The normalized spacial score (nSPS) is 13.4. The van der Waals surface area contributed by atoms with E-state index in [2.05, 4.69) is 16.0 Å². The number of aliphatic carboxylic acids is 1. The highest BCUT2D eigenvalue weighted by Gasteiger charge is 2.28. The van der Waals surface area contributed by atoms with Crippen LogP contribution in [0.3, 0.4) is 0 Å². The fraction of sp³-hybridized carbons (Fsp3) is 0.524. The number of carbonyl (C=O) groups excluding carboxylic acids is 2. The molecular weight excluding hydrogens is 430 g/mol. The lowest BCUT2D eigenvalue weighted by Crippen LogP contribution is -2.55. The number of phenols is 1. The molecule has 0 saturated heterocycles. The quantitative estimate of drug-likeness (QED) is 0.0850. The van der Waals surface area contributed by atoms with Crippen molar-refractivity contribution in [3.63, 3.8) is 0 Å². The maximum atomic E-state index is 12.9. The van der Waals surface area contributed by atoms with Gasteiger partial charge in [-0.05, 0) is 49.9 Å². The van der Waals surface area contributed by atoms with Crippen molar-refractivity contribution in [2.24, 2.45) is 17.2 Å². The summed E-state index contributed by atoms with van der Waals surface area (Å²) in [5.74, 6) is -2.60. The van der Waals surface area contributed by atoms with Gasteiger partial charge in [0.05, 0.1) is 6.04 Å². The molecule has 184 valence electrons. The SMILES string of the molecule is N=C(N)NCCC[C@H](NC(=O)[C@H](Cc1ccc(O)cc1)NC(=O)[C@@H](N)CCCCN)C(=O)O. The molecule has 3 atom stereocenters. The van der Waals surface area contributed by atoms with Gasteiger partial charge in [0.1, 0.15) is 17.8 Å². The second kappa shape index (κ2) is 14.6. The summed E-state index contributed by atoms with van der Waals surface area (Å²) in [6.07, 6.45) is 2.30. The largest absolute Gasteiger partial charge is 0.508 e. The molecule has 33 heavy (non-hydrogen) atoms. The van der Waals surface area contributed by atoms with Gasteiger partial charge in [-0.1, -0.05) is 18.6 Å². The molecule has 0 spiro atoms. The van der Waals surface area contributed by atoms with E-state index in [9.17, 15) is 24.6 Å². The van der Waals surface area contributed by atoms with E-state index in [0.29, 0.717) is 31.4 Å². The summed E-state index contributed by atoms with van der Waals surface area (Å²) in [5.41, 5.74) is 17.2. The molecule has 0 bridgehead atoms. The van der Waals surface area contributed by atoms with Crippen molar-refractivity contribution in [1.82, 2.24) is 16.0 Å². The first-order valence-electron chi connectivity index (χ1n) is 10.8. The van der Waals surface area contributed by atoms with E-state index in [1.165, 1.54) is 12.1 Å². The zero-order valence-electron chi connectivity index (χ0n) is 18.5. The zero-order chi connectivity index (χ0) is 24.8. The lowest BCUT2D eigenvalue weighted by Gasteiger charge is -2.23. The summed E-state index contributed by atoms with van der Waals surface area (Å²) < 4.78 is 0.